The van der Waals surface area contributed by atoms with Crippen LogP contribution in [0.25, 0.3) is 0 Å². The Hall–Kier alpha value is -1.60. The Morgan fingerprint density at radius 3 is 1.66 bits per heavy atom. The van der Waals surface area contributed by atoms with E-state index in [1.54, 1.807) is 0 Å². The summed E-state index contributed by atoms with van der Waals surface area (Å²) in [5, 5.41) is 20.4. The van der Waals surface area contributed by atoms with Crippen LogP contribution in [0.5, 0.6) is 0 Å². The van der Waals surface area contributed by atoms with Crippen LogP contribution >= 0.6 is 0 Å². The van der Waals surface area contributed by atoms with Gasteiger partial charge in [0, 0.05) is 11.8 Å². The number of carbonyl (C=O) groups is 2. The van der Waals surface area contributed by atoms with Gasteiger partial charge >= 0.3 is 5.97 Å². The average molecular weight is 499 g/mol. The summed E-state index contributed by atoms with van der Waals surface area (Å²) in [6, 6.07) is -1.31. The maximum atomic E-state index is 12.2. The normalized spacial score (nSPS) is 12.5. The summed E-state index contributed by atoms with van der Waals surface area (Å²) < 4.78 is 0. The second kappa shape index (κ2) is 25.5. The minimum atomic E-state index is -1.31. The molecule has 7 heteroatoms. The number of aliphatic hydroxyl groups is 1. The molecule has 0 aromatic heterocycles. The fourth-order valence-corrected chi connectivity index (χ4v) is 3.96. The van der Waals surface area contributed by atoms with Crippen molar-refractivity contribution in [3.8, 4) is 0 Å². The standard InChI is InChI=1S/C28H54N2O5/c1-3-5-7-9-10-11-12-13-14-15-16-17-19-21-25(30-35-22-20-18-8-6-4-2)23-27(32)29-26(24-31)28(33)34/h23,26,30-31H,3-22,24H2,1-2H3,(H,29,32)(H,33,34)/t26-/m0/s1. The minimum Gasteiger partial charge on any atom is -0.480 e. The first-order valence-corrected chi connectivity index (χ1v) is 14.3. The van der Waals surface area contributed by atoms with Gasteiger partial charge in [0.05, 0.1) is 13.2 Å². The molecule has 0 saturated carbocycles. The average Bonchev–Trinajstić information content (AvgIpc) is 2.84. The molecular weight excluding hydrogens is 444 g/mol. The van der Waals surface area contributed by atoms with Gasteiger partial charge < -0.3 is 15.5 Å². The number of carboxylic acid groups (broad SMARTS) is 1. The Morgan fingerprint density at radius 2 is 1.20 bits per heavy atom. The summed E-state index contributed by atoms with van der Waals surface area (Å²) in [6.45, 7) is 4.35. The zero-order valence-electron chi connectivity index (χ0n) is 22.6. The van der Waals surface area contributed by atoms with Crippen LogP contribution in [0.3, 0.4) is 0 Å². The summed E-state index contributed by atoms with van der Waals surface area (Å²) in [5.41, 5.74) is 3.54. The molecular formula is C28H54N2O5. The van der Waals surface area contributed by atoms with Crippen LogP contribution in [-0.2, 0) is 14.4 Å². The highest BCUT2D eigenvalue weighted by Gasteiger charge is 2.17. The number of allylic oxidation sites excluding steroid dienone is 1. The molecule has 0 aromatic rings. The van der Waals surface area contributed by atoms with Crippen LogP contribution in [0.15, 0.2) is 11.8 Å². The number of carbonyl (C=O) groups excluding carboxylic acids is 1. The molecule has 0 aliphatic carbocycles. The number of amides is 1. The molecule has 7 nitrogen and oxygen atoms in total. The van der Waals surface area contributed by atoms with Crippen LogP contribution < -0.4 is 10.8 Å². The van der Waals surface area contributed by atoms with Crippen LogP contribution in [0.2, 0.25) is 0 Å². The quantitative estimate of drug-likeness (QED) is 0.0624. The number of aliphatic carboxylic acids is 1. The third-order valence-corrected chi connectivity index (χ3v) is 6.21. The number of rotatable bonds is 26. The van der Waals surface area contributed by atoms with Gasteiger partial charge in [-0.2, -0.15) is 0 Å². The van der Waals surface area contributed by atoms with Gasteiger partial charge in [0.25, 0.3) is 0 Å². The molecule has 0 heterocycles. The second-order valence-corrected chi connectivity index (χ2v) is 9.61. The van der Waals surface area contributed by atoms with Gasteiger partial charge in [0.2, 0.25) is 5.91 Å². The molecule has 0 spiro atoms. The Balaban J connectivity index is 4.19. The lowest BCUT2D eigenvalue weighted by atomic mass is 10.0. The molecule has 0 aliphatic rings. The van der Waals surface area contributed by atoms with Crippen molar-refractivity contribution in [2.24, 2.45) is 0 Å². The molecule has 0 rings (SSSR count). The van der Waals surface area contributed by atoms with E-state index in [2.05, 4.69) is 24.6 Å². The van der Waals surface area contributed by atoms with Gasteiger partial charge in [-0.15, -0.1) is 0 Å². The van der Waals surface area contributed by atoms with Gasteiger partial charge in [0.15, 0.2) is 6.04 Å². The van der Waals surface area contributed by atoms with Gasteiger partial charge in [0.1, 0.15) is 0 Å². The number of hydrogen-bond donors (Lipinski definition) is 4. The summed E-state index contributed by atoms with van der Waals surface area (Å²) in [4.78, 5) is 28.8. The first-order valence-electron chi connectivity index (χ1n) is 14.3. The molecule has 206 valence electrons. The predicted octanol–water partition coefficient (Wildman–Crippen LogP) is 6.40. The van der Waals surface area contributed by atoms with Crippen LogP contribution in [0.4, 0.5) is 0 Å². The van der Waals surface area contributed by atoms with Gasteiger partial charge in [-0.3, -0.25) is 15.1 Å². The smallest absolute Gasteiger partial charge is 0.328 e. The third kappa shape index (κ3) is 22.6. The van der Waals surface area contributed by atoms with E-state index < -0.39 is 24.5 Å². The van der Waals surface area contributed by atoms with Crippen molar-refractivity contribution in [2.45, 2.75) is 142 Å². The topological polar surface area (TPSA) is 108 Å². The number of carboxylic acids is 1. The molecule has 0 aliphatic heterocycles. The van der Waals surface area contributed by atoms with Gasteiger partial charge in [-0.25, -0.2) is 4.79 Å². The summed E-state index contributed by atoms with van der Waals surface area (Å²) >= 11 is 0. The van der Waals surface area contributed by atoms with E-state index in [0.717, 1.165) is 25.7 Å². The molecule has 0 fully saturated rings. The minimum absolute atomic E-state index is 0.546. The van der Waals surface area contributed by atoms with E-state index in [0.29, 0.717) is 18.7 Å². The number of hydroxylamine groups is 1. The Morgan fingerprint density at radius 1 is 0.743 bits per heavy atom. The van der Waals surface area contributed by atoms with Crippen LogP contribution in [0.1, 0.15) is 136 Å². The summed E-state index contributed by atoms with van der Waals surface area (Å²) in [7, 11) is 0. The molecule has 1 amide bonds. The maximum Gasteiger partial charge on any atom is 0.328 e. The fraction of sp³-hybridized carbons (Fsp3) is 0.857. The first-order chi connectivity index (χ1) is 17.0. The molecule has 4 N–H and O–H groups in total. The van der Waals surface area contributed by atoms with E-state index in [4.69, 9.17) is 15.1 Å². The zero-order chi connectivity index (χ0) is 26.0. The molecule has 0 bridgehead atoms. The highest BCUT2D eigenvalue weighted by atomic mass is 16.6. The molecule has 0 unspecified atom stereocenters. The molecule has 35 heavy (non-hydrogen) atoms. The Labute approximate surface area is 214 Å². The Bertz CT molecular complexity index is 539. The number of hydrogen-bond acceptors (Lipinski definition) is 5. The van der Waals surface area contributed by atoms with Crippen molar-refractivity contribution in [3.05, 3.63) is 11.8 Å². The second-order valence-electron chi connectivity index (χ2n) is 9.61. The molecule has 0 saturated heterocycles. The van der Waals surface area contributed by atoms with Crippen LogP contribution in [0, 0.1) is 0 Å². The lowest BCUT2D eigenvalue weighted by Crippen LogP contribution is -2.42. The number of unbranched alkanes of at least 4 members (excludes halogenated alkanes) is 16. The van der Waals surface area contributed by atoms with Crippen molar-refractivity contribution < 1.29 is 24.6 Å². The van der Waals surface area contributed by atoms with Gasteiger partial charge in [-0.05, 0) is 19.3 Å². The SMILES string of the molecule is CCCCCCCCCCCCCCCC(=CC(=O)N[C@@H](CO)C(=O)O)NOCCCCCCC. The van der Waals surface area contributed by atoms with Crippen molar-refractivity contribution in [2.75, 3.05) is 13.2 Å². The monoisotopic (exact) mass is 498 g/mol. The first kappa shape index (κ1) is 33.4. The lowest BCUT2D eigenvalue weighted by Gasteiger charge is -2.13. The van der Waals surface area contributed by atoms with E-state index >= 15 is 0 Å². The van der Waals surface area contributed by atoms with E-state index in [9.17, 15) is 9.59 Å². The predicted molar refractivity (Wildman–Crippen MR) is 143 cm³/mol. The molecule has 0 radical (unpaired) electrons. The summed E-state index contributed by atoms with van der Waals surface area (Å²) in [6.07, 6.45) is 24.3. The zero-order valence-corrected chi connectivity index (χ0v) is 22.6. The molecule has 1 atom stereocenters. The Kier molecular flexibility index (Phi) is 24.3. The largest absolute Gasteiger partial charge is 0.480 e. The highest BCUT2D eigenvalue weighted by molar-refractivity contribution is 5.91. The number of aliphatic hydroxyl groups excluding tert-OH is 1. The highest BCUT2D eigenvalue weighted by Crippen LogP contribution is 2.14. The van der Waals surface area contributed by atoms with Crippen molar-refractivity contribution in [1.29, 1.82) is 0 Å². The van der Waals surface area contributed by atoms with Crippen molar-refractivity contribution >= 4 is 11.9 Å². The van der Waals surface area contributed by atoms with E-state index in [1.165, 1.54) is 96.0 Å². The van der Waals surface area contributed by atoms with E-state index in [-0.39, 0.29) is 0 Å². The van der Waals surface area contributed by atoms with Crippen LogP contribution in [-0.4, -0.2) is 41.3 Å². The lowest BCUT2D eigenvalue weighted by molar-refractivity contribution is -0.142. The number of nitrogens with one attached hydrogen (secondary N) is 2. The maximum absolute atomic E-state index is 12.2. The fourth-order valence-electron chi connectivity index (χ4n) is 3.96. The van der Waals surface area contributed by atoms with Crippen molar-refractivity contribution in [3.63, 3.8) is 0 Å². The van der Waals surface area contributed by atoms with Crippen molar-refractivity contribution in [1.82, 2.24) is 10.8 Å². The molecule has 0 aromatic carbocycles. The van der Waals surface area contributed by atoms with Gasteiger partial charge in [-0.1, -0.05) is 117 Å². The third-order valence-electron chi connectivity index (χ3n) is 6.21. The van der Waals surface area contributed by atoms with E-state index in [1.807, 2.05) is 0 Å². The summed E-state index contributed by atoms with van der Waals surface area (Å²) in [5.74, 6) is -1.81.